The van der Waals surface area contributed by atoms with Gasteiger partial charge in [0, 0.05) is 42.9 Å². The summed E-state index contributed by atoms with van der Waals surface area (Å²) < 4.78 is 5.65. The lowest BCUT2D eigenvalue weighted by Gasteiger charge is -2.05. The van der Waals surface area contributed by atoms with E-state index >= 15 is 0 Å². The van der Waals surface area contributed by atoms with Crippen LogP contribution in [-0.2, 0) is 16.0 Å². The molecule has 1 aromatic heterocycles. The first-order chi connectivity index (χ1) is 12.1. The molecule has 0 aliphatic rings. The van der Waals surface area contributed by atoms with Gasteiger partial charge >= 0.3 is 0 Å². The fourth-order valence-corrected chi connectivity index (χ4v) is 2.28. The van der Waals surface area contributed by atoms with Gasteiger partial charge in [-0.15, -0.1) is 0 Å². The van der Waals surface area contributed by atoms with Crippen LogP contribution >= 0.6 is 11.6 Å². The first-order valence-corrected chi connectivity index (χ1v) is 8.70. The molecule has 134 valence electrons. The number of oxazole rings is 1. The third-order valence-electron chi connectivity index (χ3n) is 3.49. The number of hydrogen-bond donors (Lipinski definition) is 2. The summed E-state index contributed by atoms with van der Waals surface area (Å²) >= 11 is 5.86. The average molecular weight is 364 g/mol. The van der Waals surface area contributed by atoms with Gasteiger partial charge in [0.25, 0.3) is 0 Å². The van der Waals surface area contributed by atoms with Crippen molar-refractivity contribution in [3.05, 3.63) is 41.4 Å². The largest absolute Gasteiger partial charge is 0.441 e. The second-order valence-corrected chi connectivity index (χ2v) is 6.01. The molecule has 6 nitrogen and oxygen atoms in total. The Kier molecular flexibility index (Phi) is 7.47. The Hall–Kier alpha value is -2.34. The van der Waals surface area contributed by atoms with Gasteiger partial charge in [0.1, 0.15) is 0 Å². The van der Waals surface area contributed by atoms with Crippen LogP contribution in [0.4, 0.5) is 0 Å². The monoisotopic (exact) mass is 363 g/mol. The predicted octanol–water partition coefficient (Wildman–Crippen LogP) is 2.96. The van der Waals surface area contributed by atoms with Crippen molar-refractivity contribution in [3.63, 3.8) is 0 Å². The van der Waals surface area contributed by atoms with Crippen molar-refractivity contribution >= 4 is 23.4 Å². The van der Waals surface area contributed by atoms with E-state index in [0.29, 0.717) is 36.2 Å². The fraction of sp³-hybridized carbons (Fsp3) is 0.389. The molecular weight excluding hydrogens is 342 g/mol. The van der Waals surface area contributed by atoms with Gasteiger partial charge in [0.2, 0.25) is 11.8 Å². The third-order valence-corrected chi connectivity index (χ3v) is 3.75. The van der Waals surface area contributed by atoms with Crippen LogP contribution in [-0.4, -0.2) is 29.9 Å². The summed E-state index contributed by atoms with van der Waals surface area (Å²) in [4.78, 5) is 27.4. The van der Waals surface area contributed by atoms with Crippen LogP contribution in [0.1, 0.15) is 32.1 Å². The molecule has 0 fully saturated rings. The molecule has 2 amide bonds. The summed E-state index contributed by atoms with van der Waals surface area (Å²) in [5.74, 6) is 0.956. The Labute approximate surface area is 152 Å². The van der Waals surface area contributed by atoms with E-state index in [2.05, 4.69) is 15.6 Å². The van der Waals surface area contributed by atoms with E-state index < -0.39 is 0 Å². The number of aromatic nitrogens is 1. The Morgan fingerprint density at radius 2 is 1.76 bits per heavy atom. The van der Waals surface area contributed by atoms with Gasteiger partial charge in [0.15, 0.2) is 11.7 Å². The van der Waals surface area contributed by atoms with Crippen molar-refractivity contribution in [2.24, 2.45) is 0 Å². The molecule has 0 atom stereocenters. The number of nitrogens with zero attached hydrogens (tertiary/aromatic N) is 1. The maximum Gasteiger partial charge on any atom is 0.221 e. The Morgan fingerprint density at radius 3 is 2.48 bits per heavy atom. The first kappa shape index (κ1) is 19.0. The molecule has 0 saturated carbocycles. The van der Waals surface area contributed by atoms with E-state index in [9.17, 15) is 9.59 Å². The van der Waals surface area contributed by atoms with E-state index in [1.54, 1.807) is 18.3 Å². The summed E-state index contributed by atoms with van der Waals surface area (Å²) in [5, 5.41) is 6.14. The van der Waals surface area contributed by atoms with Gasteiger partial charge in [-0.05, 0) is 30.7 Å². The van der Waals surface area contributed by atoms with E-state index in [4.69, 9.17) is 16.0 Å². The van der Waals surface area contributed by atoms with Crippen molar-refractivity contribution in [1.82, 2.24) is 15.6 Å². The Bertz CT molecular complexity index is 698. The number of hydrogen-bond acceptors (Lipinski definition) is 4. The molecule has 1 heterocycles. The SMILES string of the molecule is CCCNC(=O)CCNC(=O)CCc1ncc(-c2ccc(Cl)cc2)o1. The highest BCUT2D eigenvalue weighted by Crippen LogP contribution is 2.22. The lowest BCUT2D eigenvalue weighted by Crippen LogP contribution is -2.31. The molecule has 2 rings (SSSR count). The van der Waals surface area contributed by atoms with Crippen molar-refractivity contribution in [1.29, 1.82) is 0 Å². The molecule has 1 aromatic carbocycles. The summed E-state index contributed by atoms with van der Waals surface area (Å²) in [5.41, 5.74) is 0.880. The predicted molar refractivity (Wildman–Crippen MR) is 96.2 cm³/mol. The molecule has 0 aliphatic carbocycles. The number of carbonyl (C=O) groups is 2. The van der Waals surface area contributed by atoms with Gasteiger partial charge in [-0.1, -0.05) is 18.5 Å². The normalized spacial score (nSPS) is 10.5. The standard InChI is InChI=1S/C18H22ClN3O3/c1-2-10-20-17(24)9-11-21-16(23)7-8-18-22-12-15(25-18)13-3-5-14(19)6-4-13/h3-6,12H,2,7-11H2,1H3,(H,20,24)(H,21,23). The van der Waals surface area contributed by atoms with Crippen LogP contribution < -0.4 is 10.6 Å². The minimum absolute atomic E-state index is 0.0533. The van der Waals surface area contributed by atoms with E-state index in [1.807, 2.05) is 19.1 Å². The van der Waals surface area contributed by atoms with Crippen LogP contribution in [0.3, 0.4) is 0 Å². The molecule has 7 heteroatoms. The fourth-order valence-electron chi connectivity index (χ4n) is 2.15. The van der Waals surface area contributed by atoms with Crippen molar-refractivity contribution in [2.75, 3.05) is 13.1 Å². The minimum atomic E-state index is -0.130. The molecule has 0 unspecified atom stereocenters. The van der Waals surface area contributed by atoms with Crippen molar-refractivity contribution < 1.29 is 14.0 Å². The zero-order chi connectivity index (χ0) is 18.1. The maximum atomic E-state index is 11.8. The van der Waals surface area contributed by atoms with Crippen molar-refractivity contribution in [3.8, 4) is 11.3 Å². The van der Waals surface area contributed by atoms with Crippen molar-refractivity contribution in [2.45, 2.75) is 32.6 Å². The third kappa shape index (κ3) is 6.58. The topological polar surface area (TPSA) is 84.2 Å². The summed E-state index contributed by atoms with van der Waals surface area (Å²) in [7, 11) is 0. The van der Waals surface area contributed by atoms with Gasteiger partial charge in [-0.25, -0.2) is 4.98 Å². The number of nitrogens with one attached hydrogen (secondary N) is 2. The van der Waals surface area contributed by atoms with Crippen LogP contribution in [0.25, 0.3) is 11.3 Å². The Morgan fingerprint density at radius 1 is 1.08 bits per heavy atom. The highest BCUT2D eigenvalue weighted by atomic mass is 35.5. The zero-order valence-electron chi connectivity index (χ0n) is 14.2. The summed E-state index contributed by atoms with van der Waals surface area (Å²) in [6, 6.07) is 7.26. The second kappa shape index (κ2) is 9.84. The minimum Gasteiger partial charge on any atom is -0.441 e. The number of benzene rings is 1. The second-order valence-electron chi connectivity index (χ2n) is 5.58. The molecule has 0 bridgehead atoms. The lowest BCUT2D eigenvalue weighted by atomic mass is 10.2. The molecular formula is C18H22ClN3O3. The number of aryl methyl sites for hydroxylation is 1. The van der Waals surface area contributed by atoms with E-state index in [0.717, 1.165) is 12.0 Å². The maximum absolute atomic E-state index is 11.8. The quantitative estimate of drug-likeness (QED) is 0.717. The number of halogens is 1. The Balaban J connectivity index is 1.71. The molecule has 2 N–H and O–H groups in total. The summed E-state index contributed by atoms with van der Waals surface area (Å²) in [6.07, 6.45) is 3.48. The smallest absolute Gasteiger partial charge is 0.221 e. The number of amides is 2. The van der Waals surface area contributed by atoms with E-state index in [1.165, 1.54) is 0 Å². The average Bonchev–Trinajstić information content (AvgIpc) is 3.08. The lowest BCUT2D eigenvalue weighted by molar-refractivity contribution is -0.122. The molecule has 0 saturated heterocycles. The van der Waals surface area contributed by atoms with Gasteiger partial charge in [-0.3, -0.25) is 9.59 Å². The van der Waals surface area contributed by atoms with E-state index in [-0.39, 0.29) is 24.7 Å². The van der Waals surface area contributed by atoms with Crippen LogP contribution in [0.5, 0.6) is 0 Å². The molecule has 0 spiro atoms. The highest BCUT2D eigenvalue weighted by molar-refractivity contribution is 6.30. The van der Waals surface area contributed by atoms with Gasteiger partial charge in [0.05, 0.1) is 6.20 Å². The molecule has 0 aliphatic heterocycles. The zero-order valence-corrected chi connectivity index (χ0v) is 14.9. The van der Waals surface area contributed by atoms with Crippen LogP contribution in [0.2, 0.25) is 5.02 Å². The van der Waals surface area contributed by atoms with Gasteiger partial charge in [-0.2, -0.15) is 0 Å². The number of rotatable bonds is 9. The summed E-state index contributed by atoms with van der Waals surface area (Å²) in [6.45, 7) is 2.98. The molecule has 25 heavy (non-hydrogen) atoms. The van der Waals surface area contributed by atoms with Gasteiger partial charge < -0.3 is 15.1 Å². The first-order valence-electron chi connectivity index (χ1n) is 8.32. The highest BCUT2D eigenvalue weighted by Gasteiger charge is 2.09. The van der Waals surface area contributed by atoms with Crippen LogP contribution in [0, 0.1) is 0 Å². The molecule has 2 aromatic rings. The molecule has 0 radical (unpaired) electrons. The number of carbonyl (C=O) groups excluding carboxylic acids is 2. The van der Waals surface area contributed by atoms with Crippen LogP contribution in [0.15, 0.2) is 34.9 Å².